The molecule has 6 heteroatoms. The van der Waals surface area contributed by atoms with Gasteiger partial charge in [-0.1, -0.05) is 48.5 Å². The summed E-state index contributed by atoms with van der Waals surface area (Å²) in [6, 6.07) is 17.6. The largest absolute Gasteiger partial charge is 0.426 e. The molecule has 0 bridgehead atoms. The lowest BCUT2D eigenvalue weighted by Crippen LogP contribution is -2.42. The van der Waals surface area contributed by atoms with Crippen molar-refractivity contribution in [2.45, 2.75) is 25.7 Å². The monoisotopic (exact) mass is 387 g/mol. The van der Waals surface area contributed by atoms with Crippen molar-refractivity contribution in [2.75, 3.05) is 13.1 Å². The number of ether oxygens (including phenoxy) is 1. The number of halogens is 1. The highest BCUT2D eigenvalue weighted by atomic mass is 35.5. The predicted molar refractivity (Wildman–Crippen MR) is 110 cm³/mol. The average Bonchev–Trinajstić information content (AvgIpc) is 2.68. The molecular formula is C21H26ClN3O2. The molecular weight excluding hydrogens is 362 g/mol. The van der Waals surface area contributed by atoms with E-state index in [0.29, 0.717) is 18.1 Å². The van der Waals surface area contributed by atoms with Gasteiger partial charge in [0.1, 0.15) is 5.75 Å². The number of carbonyl (C=O) groups excluding carboxylic acids is 1. The number of nitrogens with zero attached hydrogens (tertiary/aromatic N) is 1. The number of nitrogens with one attached hydrogen (secondary N) is 1. The fourth-order valence-electron chi connectivity index (χ4n) is 3.37. The van der Waals surface area contributed by atoms with Crippen LogP contribution >= 0.6 is 12.4 Å². The van der Waals surface area contributed by atoms with E-state index in [4.69, 9.17) is 15.9 Å². The van der Waals surface area contributed by atoms with Gasteiger partial charge in [0.15, 0.2) is 5.96 Å². The molecule has 0 unspecified atom stereocenters. The van der Waals surface area contributed by atoms with E-state index in [9.17, 15) is 4.79 Å². The van der Waals surface area contributed by atoms with Crippen LogP contribution in [0.2, 0.25) is 0 Å². The smallest absolute Gasteiger partial charge is 0.311 e. The Morgan fingerprint density at radius 2 is 1.70 bits per heavy atom. The first-order chi connectivity index (χ1) is 12.6. The van der Waals surface area contributed by atoms with Crippen molar-refractivity contribution in [1.29, 1.82) is 5.41 Å². The zero-order valence-corrected chi connectivity index (χ0v) is 16.1. The first-order valence-electron chi connectivity index (χ1n) is 9.07. The van der Waals surface area contributed by atoms with Gasteiger partial charge < -0.3 is 15.4 Å². The topological polar surface area (TPSA) is 79.4 Å². The van der Waals surface area contributed by atoms with E-state index >= 15 is 0 Å². The average molecular weight is 388 g/mol. The summed E-state index contributed by atoms with van der Waals surface area (Å²) in [5, 5.41) is 7.47. The number of likely N-dealkylation sites (tertiary alicyclic amines) is 1. The summed E-state index contributed by atoms with van der Waals surface area (Å²) >= 11 is 0. The van der Waals surface area contributed by atoms with Crippen LogP contribution in [0.25, 0.3) is 11.1 Å². The van der Waals surface area contributed by atoms with Crippen LogP contribution in [0.15, 0.2) is 54.6 Å². The molecule has 5 nitrogen and oxygen atoms in total. The van der Waals surface area contributed by atoms with E-state index in [1.54, 1.807) is 0 Å². The van der Waals surface area contributed by atoms with Gasteiger partial charge in [-0.3, -0.25) is 10.2 Å². The molecule has 2 aromatic rings. The number of rotatable bonds is 5. The molecule has 3 rings (SSSR count). The number of nitrogens with two attached hydrogens (primary N) is 1. The number of esters is 1. The third-order valence-corrected chi connectivity index (χ3v) is 4.91. The molecule has 27 heavy (non-hydrogen) atoms. The summed E-state index contributed by atoms with van der Waals surface area (Å²) in [4.78, 5) is 14.2. The van der Waals surface area contributed by atoms with Gasteiger partial charge in [0, 0.05) is 25.1 Å². The molecule has 1 aliphatic rings. The zero-order valence-electron chi connectivity index (χ0n) is 15.3. The van der Waals surface area contributed by atoms with Gasteiger partial charge in [0.2, 0.25) is 0 Å². The molecule has 0 atom stereocenters. The van der Waals surface area contributed by atoms with E-state index in [2.05, 4.69) is 0 Å². The maximum atomic E-state index is 12.3. The second kappa shape index (κ2) is 9.97. The second-order valence-corrected chi connectivity index (χ2v) is 6.69. The van der Waals surface area contributed by atoms with E-state index in [1.807, 2.05) is 59.5 Å². The maximum Gasteiger partial charge on any atom is 0.311 e. The zero-order chi connectivity index (χ0) is 18.4. The Bertz CT molecular complexity index is 759. The molecule has 1 saturated heterocycles. The first-order valence-corrected chi connectivity index (χ1v) is 9.07. The maximum absolute atomic E-state index is 12.3. The second-order valence-electron chi connectivity index (χ2n) is 6.69. The van der Waals surface area contributed by atoms with Crippen molar-refractivity contribution in [3.63, 3.8) is 0 Å². The van der Waals surface area contributed by atoms with Gasteiger partial charge in [-0.25, -0.2) is 0 Å². The van der Waals surface area contributed by atoms with Gasteiger partial charge in [-0.05, 0) is 36.8 Å². The van der Waals surface area contributed by atoms with Crippen molar-refractivity contribution in [3.05, 3.63) is 54.6 Å². The quantitative estimate of drug-likeness (QED) is 0.351. The van der Waals surface area contributed by atoms with Crippen molar-refractivity contribution >= 4 is 24.3 Å². The Hall–Kier alpha value is -2.53. The van der Waals surface area contributed by atoms with E-state index in [1.165, 1.54) is 0 Å². The summed E-state index contributed by atoms with van der Waals surface area (Å²) in [6.07, 6.45) is 3.16. The summed E-state index contributed by atoms with van der Waals surface area (Å²) in [7, 11) is 0. The van der Waals surface area contributed by atoms with Crippen LogP contribution in [-0.2, 0) is 4.79 Å². The Morgan fingerprint density at radius 3 is 2.37 bits per heavy atom. The fourth-order valence-corrected chi connectivity index (χ4v) is 3.37. The van der Waals surface area contributed by atoms with Gasteiger partial charge in [-0.15, -0.1) is 12.4 Å². The Kier molecular flexibility index (Phi) is 7.67. The van der Waals surface area contributed by atoms with Gasteiger partial charge in [0.25, 0.3) is 0 Å². The molecule has 1 fully saturated rings. The Morgan fingerprint density at radius 1 is 1.07 bits per heavy atom. The number of hydrogen-bond donors (Lipinski definition) is 2. The third kappa shape index (κ3) is 5.73. The van der Waals surface area contributed by atoms with Crippen LogP contribution in [0.1, 0.15) is 25.7 Å². The molecule has 144 valence electrons. The number of guanidine groups is 1. The minimum absolute atomic E-state index is 0. The molecule has 0 aliphatic carbocycles. The standard InChI is InChI=1S/C21H25N3O2.ClH/c22-21(23)24-14-12-16(13-15-24)10-11-20(25)26-19-9-5-4-8-18(19)17-6-2-1-3-7-17;/h1-9,16H,10-15H2,(H3,22,23);1H. The van der Waals surface area contributed by atoms with Gasteiger partial charge in [0.05, 0.1) is 0 Å². The molecule has 0 saturated carbocycles. The SMILES string of the molecule is Cl.N=C(N)N1CCC(CCC(=O)Oc2ccccc2-c2ccccc2)CC1. The lowest BCUT2D eigenvalue weighted by atomic mass is 9.92. The normalized spacial score (nSPS) is 14.3. The number of piperidine rings is 1. The van der Waals surface area contributed by atoms with Gasteiger partial charge in [-0.2, -0.15) is 0 Å². The third-order valence-electron chi connectivity index (χ3n) is 4.91. The number of hydrogen-bond acceptors (Lipinski definition) is 3. The van der Waals surface area contributed by atoms with Gasteiger partial charge >= 0.3 is 5.97 Å². The van der Waals surface area contributed by atoms with E-state index in [0.717, 1.165) is 43.5 Å². The van der Waals surface area contributed by atoms with Crippen molar-refractivity contribution in [2.24, 2.45) is 11.7 Å². The molecule has 0 spiro atoms. The lowest BCUT2D eigenvalue weighted by molar-refractivity contribution is -0.134. The summed E-state index contributed by atoms with van der Waals surface area (Å²) in [5.74, 6) is 1.04. The minimum Gasteiger partial charge on any atom is -0.426 e. The molecule has 0 radical (unpaired) electrons. The molecule has 1 aliphatic heterocycles. The van der Waals surface area contributed by atoms with E-state index in [-0.39, 0.29) is 24.3 Å². The minimum atomic E-state index is -0.192. The molecule has 0 aromatic heterocycles. The first kappa shape index (κ1) is 20.8. The van der Waals surface area contributed by atoms with Crippen LogP contribution in [0.3, 0.4) is 0 Å². The highest BCUT2D eigenvalue weighted by molar-refractivity contribution is 5.85. The molecule has 2 aromatic carbocycles. The van der Waals surface area contributed by atoms with Crippen LogP contribution < -0.4 is 10.5 Å². The number of carbonyl (C=O) groups is 1. The highest BCUT2D eigenvalue weighted by Gasteiger charge is 2.21. The fraction of sp³-hybridized carbons (Fsp3) is 0.333. The van der Waals surface area contributed by atoms with Crippen LogP contribution in [-0.4, -0.2) is 29.9 Å². The number of benzene rings is 2. The molecule has 1 heterocycles. The molecule has 3 N–H and O–H groups in total. The molecule has 0 amide bonds. The lowest BCUT2D eigenvalue weighted by Gasteiger charge is -2.31. The van der Waals surface area contributed by atoms with Crippen molar-refractivity contribution in [1.82, 2.24) is 4.90 Å². The van der Waals surface area contributed by atoms with Crippen molar-refractivity contribution in [3.8, 4) is 16.9 Å². The summed E-state index contributed by atoms with van der Waals surface area (Å²) in [6.45, 7) is 1.60. The van der Waals surface area contributed by atoms with Crippen LogP contribution in [0, 0.1) is 11.3 Å². The van der Waals surface area contributed by atoms with Crippen molar-refractivity contribution < 1.29 is 9.53 Å². The Labute approximate surface area is 166 Å². The number of para-hydroxylation sites is 1. The Balaban J connectivity index is 0.00000261. The van der Waals surface area contributed by atoms with Crippen LogP contribution in [0.5, 0.6) is 5.75 Å². The summed E-state index contributed by atoms with van der Waals surface area (Å²) < 4.78 is 5.65. The van der Waals surface area contributed by atoms with E-state index < -0.39 is 0 Å². The van der Waals surface area contributed by atoms with Crippen LogP contribution in [0.4, 0.5) is 0 Å². The summed E-state index contributed by atoms with van der Waals surface area (Å²) in [5.41, 5.74) is 7.48. The highest BCUT2D eigenvalue weighted by Crippen LogP contribution is 2.30. The predicted octanol–water partition coefficient (Wildman–Crippen LogP) is 4.07.